The van der Waals surface area contributed by atoms with E-state index in [4.69, 9.17) is 10.5 Å². The van der Waals surface area contributed by atoms with Crippen LogP contribution in [0.1, 0.15) is 13.3 Å². The Morgan fingerprint density at radius 1 is 1.47 bits per heavy atom. The van der Waals surface area contributed by atoms with Crippen LogP contribution in [0.25, 0.3) is 11.0 Å². The van der Waals surface area contributed by atoms with E-state index >= 15 is 0 Å². The zero-order chi connectivity index (χ0) is 13.8. The number of nitrogens with zero attached hydrogens (tertiary/aromatic N) is 1. The van der Waals surface area contributed by atoms with Gasteiger partial charge in [-0.05, 0) is 25.5 Å². The number of ether oxygens (including phenoxy) is 1. The molecule has 2 aromatic rings. The van der Waals surface area contributed by atoms with Crippen molar-refractivity contribution >= 4 is 22.4 Å². The van der Waals surface area contributed by atoms with Crippen LogP contribution in [0.4, 0.5) is 11.4 Å². The van der Waals surface area contributed by atoms with Crippen LogP contribution >= 0.6 is 0 Å². The quantitative estimate of drug-likeness (QED) is 0.542. The number of nitrogen functional groups attached to an aromatic ring is 1. The summed E-state index contributed by atoms with van der Waals surface area (Å²) in [6.45, 7) is 4.23. The van der Waals surface area contributed by atoms with Crippen LogP contribution in [0.5, 0.6) is 0 Å². The number of hydrogen-bond donors (Lipinski definition) is 3. The molecule has 0 aliphatic heterocycles. The Labute approximate surface area is 111 Å². The largest absolute Gasteiger partial charge is 0.397 e. The summed E-state index contributed by atoms with van der Waals surface area (Å²) in [4.78, 5) is 14.3. The van der Waals surface area contributed by atoms with Crippen LogP contribution in [0.15, 0.2) is 16.9 Å². The van der Waals surface area contributed by atoms with Crippen LogP contribution in [0, 0.1) is 0 Å². The van der Waals surface area contributed by atoms with Gasteiger partial charge in [0.25, 0.3) is 0 Å². The Bertz CT molecular complexity index is 615. The topological polar surface area (TPSA) is 85.1 Å². The Morgan fingerprint density at radius 3 is 3.00 bits per heavy atom. The Morgan fingerprint density at radius 2 is 2.26 bits per heavy atom. The Kier molecular flexibility index (Phi) is 4.11. The maximum absolute atomic E-state index is 11.5. The van der Waals surface area contributed by atoms with Gasteiger partial charge < -0.3 is 20.8 Å². The summed E-state index contributed by atoms with van der Waals surface area (Å²) in [5.41, 5.74) is 8.90. The van der Waals surface area contributed by atoms with Crippen molar-refractivity contribution in [2.45, 2.75) is 13.3 Å². The molecule has 0 saturated heterocycles. The minimum atomic E-state index is -0.136. The van der Waals surface area contributed by atoms with E-state index in [0.29, 0.717) is 5.69 Å². The van der Waals surface area contributed by atoms with E-state index in [9.17, 15) is 4.79 Å². The lowest BCUT2D eigenvalue weighted by Gasteiger charge is -2.10. The lowest BCUT2D eigenvalue weighted by Crippen LogP contribution is -2.12. The fraction of sp³-hybridized carbons (Fsp3) is 0.462. The summed E-state index contributed by atoms with van der Waals surface area (Å²) in [5.74, 6) is 0. The second kappa shape index (κ2) is 5.79. The summed E-state index contributed by atoms with van der Waals surface area (Å²) in [6, 6.07) is 3.67. The number of H-pyrrole nitrogens is 1. The number of rotatable bonds is 6. The van der Waals surface area contributed by atoms with Gasteiger partial charge in [0, 0.05) is 26.8 Å². The van der Waals surface area contributed by atoms with Crippen LogP contribution < -0.4 is 16.7 Å². The zero-order valence-corrected chi connectivity index (χ0v) is 11.3. The predicted molar refractivity (Wildman–Crippen MR) is 77.6 cm³/mol. The summed E-state index contributed by atoms with van der Waals surface area (Å²) in [7, 11) is 1.73. The van der Waals surface area contributed by atoms with Crippen LogP contribution in [-0.4, -0.2) is 29.3 Å². The molecule has 1 aromatic heterocycles. The molecule has 1 heterocycles. The minimum Gasteiger partial charge on any atom is -0.397 e. The zero-order valence-electron chi connectivity index (χ0n) is 11.3. The number of imidazole rings is 1. The smallest absolute Gasteiger partial charge is 0.326 e. The number of hydrogen-bond acceptors (Lipinski definition) is 4. The van der Waals surface area contributed by atoms with E-state index < -0.39 is 0 Å². The second-order valence-electron chi connectivity index (χ2n) is 4.42. The lowest BCUT2D eigenvalue weighted by molar-refractivity contribution is 0.147. The minimum absolute atomic E-state index is 0.136. The molecule has 6 heteroatoms. The van der Waals surface area contributed by atoms with Crippen molar-refractivity contribution in [1.29, 1.82) is 0 Å². The van der Waals surface area contributed by atoms with Crippen molar-refractivity contribution in [3.05, 3.63) is 22.6 Å². The van der Waals surface area contributed by atoms with Crippen molar-refractivity contribution in [3.63, 3.8) is 0 Å². The Balaban J connectivity index is 2.12. The predicted octanol–water partition coefficient (Wildman–Crippen LogP) is 1.29. The summed E-state index contributed by atoms with van der Waals surface area (Å²) < 4.78 is 6.84. The third-order valence-corrected chi connectivity index (χ3v) is 3.06. The van der Waals surface area contributed by atoms with Gasteiger partial charge in [0.05, 0.1) is 22.4 Å². The molecule has 104 valence electrons. The van der Waals surface area contributed by atoms with E-state index in [1.807, 2.05) is 13.0 Å². The van der Waals surface area contributed by atoms with E-state index in [2.05, 4.69) is 10.3 Å². The summed E-state index contributed by atoms with van der Waals surface area (Å²) in [6.07, 6.45) is 0.914. The third-order valence-electron chi connectivity index (χ3n) is 3.06. The first-order chi connectivity index (χ1) is 9.13. The molecule has 4 N–H and O–H groups in total. The highest BCUT2D eigenvalue weighted by atomic mass is 16.5. The van der Waals surface area contributed by atoms with Gasteiger partial charge in [-0.2, -0.15) is 0 Å². The average Bonchev–Trinajstić information content (AvgIpc) is 2.65. The molecule has 19 heavy (non-hydrogen) atoms. The van der Waals surface area contributed by atoms with Crippen molar-refractivity contribution < 1.29 is 4.74 Å². The van der Waals surface area contributed by atoms with E-state index in [-0.39, 0.29) is 5.69 Å². The van der Waals surface area contributed by atoms with Gasteiger partial charge in [-0.3, -0.25) is 4.57 Å². The molecule has 0 amide bonds. The van der Waals surface area contributed by atoms with Gasteiger partial charge in [0.2, 0.25) is 0 Å². The maximum atomic E-state index is 11.5. The number of nitrogens with two attached hydrogens (primary N) is 1. The van der Waals surface area contributed by atoms with Crippen LogP contribution in [0.2, 0.25) is 0 Å². The number of aryl methyl sites for hydroxylation is 1. The van der Waals surface area contributed by atoms with Crippen LogP contribution in [-0.2, 0) is 11.8 Å². The van der Waals surface area contributed by atoms with E-state index in [1.165, 1.54) is 0 Å². The first-order valence-electron chi connectivity index (χ1n) is 6.43. The molecule has 6 nitrogen and oxygen atoms in total. The molecule has 0 spiro atoms. The molecule has 0 unspecified atom stereocenters. The van der Waals surface area contributed by atoms with Gasteiger partial charge in [-0.15, -0.1) is 0 Å². The number of aromatic nitrogens is 2. The van der Waals surface area contributed by atoms with E-state index in [1.54, 1.807) is 17.7 Å². The van der Waals surface area contributed by atoms with Crippen molar-refractivity contribution in [1.82, 2.24) is 9.55 Å². The third kappa shape index (κ3) is 2.90. The molecule has 2 rings (SSSR count). The molecule has 1 aromatic carbocycles. The average molecular weight is 264 g/mol. The Hall–Kier alpha value is -1.95. The maximum Gasteiger partial charge on any atom is 0.326 e. The number of anilines is 2. The van der Waals surface area contributed by atoms with E-state index in [0.717, 1.165) is 42.9 Å². The fourth-order valence-electron chi connectivity index (χ4n) is 1.99. The van der Waals surface area contributed by atoms with Gasteiger partial charge >= 0.3 is 5.69 Å². The molecule has 0 aliphatic carbocycles. The molecule has 0 saturated carbocycles. The molecule has 0 bridgehead atoms. The van der Waals surface area contributed by atoms with Gasteiger partial charge in [-0.1, -0.05) is 0 Å². The summed E-state index contributed by atoms with van der Waals surface area (Å²) >= 11 is 0. The number of fused-ring (bicyclic) bond motifs is 1. The SMILES string of the molecule is CCOCCCNc1cc2c(cc1N)[nH]c(=O)n2C. The van der Waals surface area contributed by atoms with Gasteiger partial charge in [-0.25, -0.2) is 4.79 Å². The molecule has 0 atom stereocenters. The molecule has 0 aliphatic rings. The molecular weight excluding hydrogens is 244 g/mol. The summed E-state index contributed by atoms with van der Waals surface area (Å²) in [5, 5.41) is 3.27. The highest BCUT2D eigenvalue weighted by Crippen LogP contribution is 2.24. The molecule has 0 fully saturated rings. The second-order valence-corrected chi connectivity index (χ2v) is 4.42. The molecule has 0 radical (unpaired) electrons. The first-order valence-corrected chi connectivity index (χ1v) is 6.43. The van der Waals surface area contributed by atoms with Crippen molar-refractivity contribution in [2.24, 2.45) is 7.05 Å². The van der Waals surface area contributed by atoms with Crippen LogP contribution in [0.3, 0.4) is 0 Å². The van der Waals surface area contributed by atoms with Gasteiger partial charge in [0.15, 0.2) is 0 Å². The lowest BCUT2D eigenvalue weighted by atomic mass is 10.2. The van der Waals surface area contributed by atoms with Crippen molar-refractivity contribution in [3.8, 4) is 0 Å². The van der Waals surface area contributed by atoms with Gasteiger partial charge in [0.1, 0.15) is 0 Å². The number of aromatic amines is 1. The molecular formula is C13H20N4O2. The normalized spacial score (nSPS) is 11.1. The van der Waals surface area contributed by atoms with Crippen molar-refractivity contribution in [2.75, 3.05) is 30.8 Å². The highest BCUT2D eigenvalue weighted by molar-refractivity contribution is 5.86. The fourth-order valence-corrected chi connectivity index (χ4v) is 1.99. The number of benzene rings is 1. The standard InChI is InChI=1S/C13H20N4O2/c1-3-19-6-4-5-15-10-8-12-11(7-9(10)14)16-13(18)17(12)2/h7-8,15H,3-6,14H2,1-2H3,(H,16,18). The highest BCUT2D eigenvalue weighted by Gasteiger charge is 2.07. The number of nitrogens with one attached hydrogen (secondary N) is 2. The monoisotopic (exact) mass is 264 g/mol. The first kappa shape index (κ1) is 13.5.